The molecule has 0 saturated carbocycles. The molecule has 0 bridgehead atoms. The fraction of sp³-hybridized carbons (Fsp3) is 0.533. The molecule has 1 aliphatic rings. The van der Waals surface area contributed by atoms with Crippen molar-refractivity contribution in [1.29, 1.82) is 0 Å². The SMILES string of the molecule is CCCN1CCCC(n2ccnc2-c2ccc(Cl)s2)C1. The minimum Gasteiger partial charge on any atom is -0.326 e. The van der Waals surface area contributed by atoms with Gasteiger partial charge in [-0.3, -0.25) is 0 Å². The Hall–Kier alpha value is -0.840. The van der Waals surface area contributed by atoms with Gasteiger partial charge in [0, 0.05) is 25.0 Å². The van der Waals surface area contributed by atoms with Crippen molar-refractivity contribution in [2.75, 3.05) is 19.6 Å². The van der Waals surface area contributed by atoms with E-state index in [4.69, 9.17) is 11.6 Å². The molecule has 1 aliphatic heterocycles. The lowest BCUT2D eigenvalue weighted by molar-refractivity contribution is 0.178. The first kappa shape index (κ1) is 14.1. The zero-order valence-corrected chi connectivity index (χ0v) is 13.3. The van der Waals surface area contributed by atoms with Crippen molar-refractivity contribution < 1.29 is 0 Å². The zero-order chi connectivity index (χ0) is 13.9. The van der Waals surface area contributed by atoms with Crippen LogP contribution in [0.4, 0.5) is 0 Å². The van der Waals surface area contributed by atoms with Gasteiger partial charge in [0.25, 0.3) is 0 Å². The van der Waals surface area contributed by atoms with Crippen molar-refractivity contribution >= 4 is 22.9 Å². The third-order valence-corrected chi connectivity index (χ3v) is 5.10. The summed E-state index contributed by atoms with van der Waals surface area (Å²) in [5.41, 5.74) is 0. The van der Waals surface area contributed by atoms with Crippen LogP contribution in [0, 0.1) is 0 Å². The Balaban J connectivity index is 1.82. The standard InChI is InChI=1S/C15H20ClN3S/c1-2-8-18-9-3-4-12(11-18)19-10-7-17-15(19)13-5-6-14(16)20-13/h5-7,10,12H,2-4,8-9,11H2,1H3. The summed E-state index contributed by atoms with van der Waals surface area (Å²) in [6.07, 6.45) is 7.75. The van der Waals surface area contributed by atoms with Gasteiger partial charge in [-0.25, -0.2) is 4.98 Å². The second-order valence-electron chi connectivity index (χ2n) is 5.36. The van der Waals surface area contributed by atoms with Gasteiger partial charge in [-0.1, -0.05) is 18.5 Å². The molecule has 3 heterocycles. The Morgan fingerprint density at radius 3 is 3.10 bits per heavy atom. The maximum absolute atomic E-state index is 6.05. The highest BCUT2D eigenvalue weighted by molar-refractivity contribution is 7.19. The van der Waals surface area contributed by atoms with E-state index in [2.05, 4.69) is 33.6 Å². The largest absolute Gasteiger partial charge is 0.326 e. The van der Waals surface area contributed by atoms with E-state index in [1.165, 1.54) is 32.4 Å². The highest BCUT2D eigenvalue weighted by atomic mass is 35.5. The quantitative estimate of drug-likeness (QED) is 0.839. The molecule has 2 aromatic rings. The fourth-order valence-corrected chi connectivity index (χ4v) is 4.05. The van der Waals surface area contributed by atoms with Gasteiger partial charge in [0.05, 0.1) is 9.21 Å². The Kier molecular flexibility index (Phi) is 4.44. The molecule has 0 spiro atoms. The van der Waals surface area contributed by atoms with Gasteiger partial charge in [-0.05, 0) is 44.5 Å². The molecule has 3 rings (SSSR count). The maximum atomic E-state index is 6.05. The van der Waals surface area contributed by atoms with Gasteiger partial charge in [0.1, 0.15) is 5.82 Å². The van der Waals surface area contributed by atoms with Gasteiger partial charge in [-0.2, -0.15) is 0 Å². The zero-order valence-electron chi connectivity index (χ0n) is 11.8. The van der Waals surface area contributed by atoms with Gasteiger partial charge in [0.2, 0.25) is 0 Å². The normalized spacial score (nSPS) is 20.4. The third-order valence-electron chi connectivity index (χ3n) is 3.88. The van der Waals surface area contributed by atoms with E-state index in [-0.39, 0.29) is 0 Å². The molecule has 0 radical (unpaired) electrons. The number of thiophene rings is 1. The smallest absolute Gasteiger partial charge is 0.150 e. The van der Waals surface area contributed by atoms with E-state index in [1.807, 2.05) is 12.3 Å². The van der Waals surface area contributed by atoms with E-state index in [0.717, 1.165) is 21.6 Å². The van der Waals surface area contributed by atoms with Gasteiger partial charge >= 0.3 is 0 Å². The molecule has 108 valence electrons. The van der Waals surface area contributed by atoms with Crippen molar-refractivity contribution in [1.82, 2.24) is 14.5 Å². The average Bonchev–Trinajstić information content (AvgIpc) is 3.07. The number of halogens is 1. The summed E-state index contributed by atoms with van der Waals surface area (Å²) in [4.78, 5) is 8.27. The Morgan fingerprint density at radius 1 is 1.45 bits per heavy atom. The molecule has 0 N–H and O–H groups in total. The average molecular weight is 310 g/mol. The summed E-state index contributed by atoms with van der Waals surface area (Å²) in [7, 11) is 0. The first-order valence-corrected chi connectivity index (χ1v) is 8.48. The van der Waals surface area contributed by atoms with Crippen LogP contribution in [0.5, 0.6) is 0 Å². The molecule has 1 unspecified atom stereocenters. The van der Waals surface area contributed by atoms with Crippen LogP contribution in [-0.4, -0.2) is 34.1 Å². The van der Waals surface area contributed by atoms with Crippen molar-refractivity contribution in [3.63, 3.8) is 0 Å². The van der Waals surface area contributed by atoms with Crippen molar-refractivity contribution in [2.24, 2.45) is 0 Å². The fourth-order valence-electron chi connectivity index (χ4n) is 3.01. The molecule has 2 aromatic heterocycles. The molecule has 20 heavy (non-hydrogen) atoms. The summed E-state index contributed by atoms with van der Waals surface area (Å²) in [6.45, 7) is 5.82. The minimum atomic E-state index is 0.536. The lowest BCUT2D eigenvalue weighted by Gasteiger charge is -2.33. The monoisotopic (exact) mass is 309 g/mol. The molecule has 5 heteroatoms. The minimum absolute atomic E-state index is 0.536. The number of piperidine rings is 1. The number of hydrogen-bond donors (Lipinski definition) is 0. The van der Waals surface area contributed by atoms with Crippen LogP contribution >= 0.6 is 22.9 Å². The van der Waals surface area contributed by atoms with Gasteiger partial charge in [-0.15, -0.1) is 11.3 Å². The highest BCUT2D eigenvalue weighted by Crippen LogP contribution is 2.33. The predicted octanol–water partition coefficient (Wildman–Crippen LogP) is 4.31. The molecule has 0 aliphatic carbocycles. The predicted molar refractivity (Wildman–Crippen MR) is 85.6 cm³/mol. The van der Waals surface area contributed by atoms with Crippen LogP contribution in [0.2, 0.25) is 4.34 Å². The van der Waals surface area contributed by atoms with Crippen molar-refractivity contribution in [3.8, 4) is 10.7 Å². The molecular formula is C15H20ClN3S. The van der Waals surface area contributed by atoms with E-state index < -0.39 is 0 Å². The Labute approximate surface area is 129 Å². The van der Waals surface area contributed by atoms with Crippen molar-refractivity contribution in [2.45, 2.75) is 32.2 Å². The van der Waals surface area contributed by atoms with Crippen LogP contribution < -0.4 is 0 Å². The first-order chi connectivity index (χ1) is 9.78. The summed E-state index contributed by atoms with van der Waals surface area (Å²) >= 11 is 7.66. The molecule has 1 atom stereocenters. The second kappa shape index (κ2) is 6.29. The van der Waals surface area contributed by atoms with E-state index in [0.29, 0.717) is 6.04 Å². The number of likely N-dealkylation sites (tertiary alicyclic amines) is 1. The topological polar surface area (TPSA) is 21.1 Å². The molecule has 0 amide bonds. The summed E-state index contributed by atoms with van der Waals surface area (Å²) in [5, 5.41) is 0. The van der Waals surface area contributed by atoms with Crippen LogP contribution in [0.3, 0.4) is 0 Å². The third kappa shape index (κ3) is 2.92. The Morgan fingerprint density at radius 2 is 2.35 bits per heavy atom. The maximum Gasteiger partial charge on any atom is 0.150 e. The van der Waals surface area contributed by atoms with Crippen LogP contribution in [0.15, 0.2) is 24.5 Å². The molecule has 1 saturated heterocycles. The van der Waals surface area contributed by atoms with E-state index in [9.17, 15) is 0 Å². The highest BCUT2D eigenvalue weighted by Gasteiger charge is 2.23. The summed E-state index contributed by atoms with van der Waals surface area (Å²) < 4.78 is 3.16. The van der Waals surface area contributed by atoms with Crippen LogP contribution in [-0.2, 0) is 0 Å². The van der Waals surface area contributed by atoms with Gasteiger partial charge < -0.3 is 9.47 Å². The van der Waals surface area contributed by atoms with E-state index >= 15 is 0 Å². The lowest BCUT2D eigenvalue weighted by atomic mass is 10.1. The Bertz CT molecular complexity index is 561. The number of nitrogens with zero attached hydrogens (tertiary/aromatic N) is 3. The number of hydrogen-bond acceptors (Lipinski definition) is 3. The second-order valence-corrected chi connectivity index (χ2v) is 7.07. The van der Waals surface area contributed by atoms with E-state index in [1.54, 1.807) is 11.3 Å². The van der Waals surface area contributed by atoms with Crippen LogP contribution in [0.1, 0.15) is 32.2 Å². The van der Waals surface area contributed by atoms with Gasteiger partial charge in [0.15, 0.2) is 0 Å². The van der Waals surface area contributed by atoms with Crippen molar-refractivity contribution in [3.05, 3.63) is 28.9 Å². The first-order valence-electron chi connectivity index (χ1n) is 7.29. The number of aromatic nitrogens is 2. The lowest BCUT2D eigenvalue weighted by Crippen LogP contribution is -2.37. The molecular weight excluding hydrogens is 290 g/mol. The summed E-state index contributed by atoms with van der Waals surface area (Å²) in [5.74, 6) is 1.06. The molecule has 1 fully saturated rings. The molecule has 3 nitrogen and oxygen atoms in total. The summed E-state index contributed by atoms with van der Waals surface area (Å²) in [6, 6.07) is 4.55. The van der Waals surface area contributed by atoms with Crippen LogP contribution in [0.25, 0.3) is 10.7 Å². The number of imidazole rings is 1. The number of rotatable bonds is 4. The molecule has 0 aromatic carbocycles.